The lowest BCUT2D eigenvalue weighted by molar-refractivity contribution is 0.213. The van der Waals surface area contributed by atoms with E-state index in [0.29, 0.717) is 12.1 Å². The van der Waals surface area contributed by atoms with Crippen molar-refractivity contribution < 1.29 is 4.74 Å². The fraction of sp³-hybridized carbons (Fsp3) is 0.625. The Morgan fingerprint density at radius 3 is 2.33 bits per heavy atom. The Morgan fingerprint density at radius 2 is 1.72 bits per heavy atom. The third kappa shape index (κ3) is 4.34. The van der Waals surface area contributed by atoms with Crippen LogP contribution >= 0.6 is 0 Å². The standard InChI is InChI=1S/C16H27NO/c1-6-12(3)17-14(5)15-10-8-9-11-16(15)18-13(4)7-2/h8-14,17H,6-7H2,1-5H3/t12-,13+,14-/m1/s1. The van der Waals surface area contributed by atoms with Crippen molar-refractivity contribution in [3.63, 3.8) is 0 Å². The normalized spacial score (nSPS) is 16.1. The van der Waals surface area contributed by atoms with E-state index < -0.39 is 0 Å². The minimum atomic E-state index is 0.266. The molecule has 1 rings (SSSR count). The van der Waals surface area contributed by atoms with Crippen molar-refractivity contribution in [3.8, 4) is 5.75 Å². The van der Waals surface area contributed by atoms with Gasteiger partial charge in [-0.2, -0.15) is 0 Å². The van der Waals surface area contributed by atoms with Gasteiger partial charge in [-0.3, -0.25) is 0 Å². The molecule has 1 aromatic carbocycles. The van der Waals surface area contributed by atoms with Gasteiger partial charge in [0.1, 0.15) is 5.75 Å². The zero-order valence-electron chi connectivity index (χ0n) is 12.4. The molecule has 102 valence electrons. The van der Waals surface area contributed by atoms with Crippen LogP contribution in [0.5, 0.6) is 5.75 Å². The lowest BCUT2D eigenvalue weighted by Crippen LogP contribution is -2.28. The van der Waals surface area contributed by atoms with Gasteiger partial charge < -0.3 is 10.1 Å². The van der Waals surface area contributed by atoms with Gasteiger partial charge >= 0.3 is 0 Å². The Kier molecular flexibility index (Phi) is 6.20. The molecule has 0 aliphatic heterocycles. The molecule has 2 heteroatoms. The molecule has 3 atom stereocenters. The summed E-state index contributed by atoms with van der Waals surface area (Å²) in [5, 5.41) is 3.60. The predicted octanol–water partition coefficient (Wildman–Crippen LogP) is 4.31. The first-order valence-electron chi connectivity index (χ1n) is 7.10. The van der Waals surface area contributed by atoms with Crippen molar-refractivity contribution in [1.29, 1.82) is 0 Å². The number of rotatable bonds is 7. The van der Waals surface area contributed by atoms with Crippen molar-refractivity contribution >= 4 is 0 Å². The van der Waals surface area contributed by atoms with E-state index in [-0.39, 0.29) is 6.10 Å². The van der Waals surface area contributed by atoms with Gasteiger partial charge in [0.25, 0.3) is 0 Å². The van der Waals surface area contributed by atoms with Crippen LogP contribution in [0.15, 0.2) is 24.3 Å². The minimum Gasteiger partial charge on any atom is -0.490 e. The summed E-state index contributed by atoms with van der Waals surface area (Å²) >= 11 is 0. The summed E-state index contributed by atoms with van der Waals surface area (Å²) in [7, 11) is 0. The zero-order chi connectivity index (χ0) is 13.5. The van der Waals surface area contributed by atoms with Gasteiger partial charge in [0.2, 0.25) is 0 Å². The number of nitrogens with one attached hydrogen (secondary N) is 1. The second-order valence-electron chi connectivity index (χ2n) is 5.07. The van der Waals surface area contributed by atoms with Gasteiger partial charge in [0.15, 0.2) is 0 Å². The maximum absolute atomic E-state index is 5.99. The van der Waals surface area contributed by atoms with E-state index in [4.69, 9.17) is 4.74 Å². The molecule has 1 aromatic rings. The van der Waals surface area contributed by atoms with E-state index >= 15 is 0 Å². The number of hydrogen-bond acceptors (Lipinski definition) is 2. The Hall–Kier alpha value is -1.02. The number of hydrogen-bond donors (Lipinski definition) is 1. The summed E-state index contributed by atoms with van der Waals surface area (Å²) < 4.78 is 5.99. The van der Waals surface area contributed by atoms with Crippen molar-refractivity contribution in [2.75, 3.05) is 0 Å². The van der Waals surface area contributed by atoms with Crippen molar-refractivity contribution in [2.24, 2.45) is 0 Å². The molecule has 0 saturated carbocycles. The van der Waals surface area contributed by atoms with Crippen LogP contribution in [-0.2, 0) is 0 Å². The van der Waals surface area contributed by atoms with Crippen LogP contribution in [0.1, 0.15) is 59.1 Å². The molecule has 0 spiro atoms. The minimum absolute atomic E-state index is 0.266. The van der Waals surface area contributed by atoms with Crippen molar-refractivity contribution in [3.05, 3.63) is 29.8 Å². The fourth-order valence-electron chi connectivity index (χ4n) is 1.88. The molecular weight excluding hydrogens is 222 g/mol. The highest BCUT2D eigenvalue weighted by Crippen LogP contribution is 2.26. The van der Waals surface area contributed by atoms with E-state index in [1.807, 2.05) is 6.07 Å². The highest BCUT2D eigenvalue weighted by Gasteiger charge is 2.14. The van der Waals surface area contributed by atoms with Crippen LogP contribution in [0.3, 0.4) is 0 Å². The van der Waals surface area contributed by atoms with E-state index in [2.05, 4.69) is 58.1 Å². The van der Waals surface area contributed by atoms with Crippen LogP contribution in [-0.4, -0.2) is 12.1 Å². The summed E-state index contributed by atoms with van der Waals surface area (Å²) in [5.74, 6) is 1.01. The van der Waals surface area contributed by atoms with Gasteiger partial charge in [-0.25, -0.2) is 0 Å². The maximum atomic E-state index is 5.99. The highest BCUT2D eigenvalue weighted by atomic mass is 16.5. The maximum Gasteiger partial charge on any atom is 0.124 e. The molecule has 0 saturated heterocycles. The smallest absolute Gasteiger partial charge is 0.124 e. The second-order valence-corrected chi connectivity index (χ2v) is 5.07. The van der Waals surface area contributed by atoms with Gasteiger partial charge in [-0.15, -0.1) is 0 Å². The molecule has 0 aliphatic rings. The van der Waals surface area contributed by atoms with Crippen LogP contribution in [0.4, 0.5) is 0 Å². The summed E-state index contributed by atoms with van der Waals surface area (Å²) in [6, 6.07) is 9.18. The summed E-state index contributed by atoms with van der Waals surface area (Å²) in [4.78, 5) is 0. The molecule has 2 nitrogen and oxygen atoms in total. The third-order valence-corrected chi connectivity index (χ3v) is 3.44. The lowest BCUT2D eigenvalue weighted by Gasteiger charge is -2.23. The summed E-state index contributed by atoms with van der Waals surface area (Å²) in [6.07, 6.45) is 2.43. The average Bonchev–Trinajstić information content (AvgIpc) is 2.38. The predicted molar refractivity (Wildman–Crippen MR) is 78.1 cm³/mol. The molecule has 18 heavy (non-hydrogen) atoms. The highest BCUT2D eigenvalue weighted by molar-refractivity contribution is 5.35. The Labute approximate surface area is 112 Å². The Morgan fingerprint density at radius 1 is 1.06 bits per heavy atom. The molecule has 0 bridgehead atoms. The quantitative estimate of drug-likeness (QED) is 0.777. The van der Waals surface area contributed by atoms with E-state index in [0.717, 1.165) is 18.6 Å². The first-order chi connectivity index (χ1) is 8.58. The van der Waals surface area contributed by atoms with Crippen molar-refractivity contribution in [1.82, 2.24) is 5.32 Å². The first-order valence-corrected chi connectivity index (χ1v) is 7.10. The molecule has 0 heterocycles. The molecule has 0 unspecified atom stereocenters. The molecule has 1 N–H and O–H groups in total. The van der Waals surface area contributed by atoms with Gasteiger partial charge in [-0.1, -0.05) is 32.0 Å². The third-order valence-electron chi connectivity index (χ3n) is 3.44. The number of benzene rings is 1. The van der Waals surface area contributed by atoms with E-state index in [9.17, 15) is 0 Å². The Balaban J connectivity index is 2.80. The molecule has 0 amide bonds. The zero-order valence-corrected chi connectivity index (χ0v) is 12.4. The van der Waals surface area contributed by atoms with E-state index in [1.54, 1.807) is 0 Å². The van der Waals surface area contributed by atoms with Crippen LogP contribution < -0.4 is 10.1 Å². The molecule has 0 aromatic heterocycles. The van der Waals surface area contributed by atoms with Crippen LogP contribution in [0.25, 0.3) is 0 Å². The fourth-order valence-corrected chi connectivity index (χ4v) is 1.88. The summed E-state index contributed by atoms with van der Waals surface area (Å²) in [6.45, 7) is 10.9. The number of para-hydroxylation sites is 1. The van der Waals surface area contributed by atoms with Crippen LogP contribution in [0, 0.1) is 0 Å². The first kappa shape index (κ1) is 15.0. The SMILES string of the molecule is CC[C@@H](C)N[C@H](C)c1ccccc1O[C@@H](C)CC. The topological polar surface area (TPSA) is 21.3 Å². The molecule has 0 fully saturated rings. The summed E-state index contributed by atoms with van der Waals surface area (Å²) in [5.41, 5.74) is 1.25. The largest absolute Gasteiger partial charge is 0.490 e. The van der Waals surface area contributed by atoms with Crippen LogP contribution in [0.2, 0.25) is 0 Å². The molecular formula is C16H27NO. The average molecular weight is 249 g/mol. The second kappa shape index (κ2) is 7.42. The van der Waals surface area contributed by atoms with E-state index in [1.165, 1.54) is 5.56 Å². The molecule has 0 radical (unpaired) electrons. The lowest BCUT2D eigenvalue weighted by atomic mass is 10.1. The number of ether oxygens (including phenoxy) is 1. The monoisotopic (exact) mass is 249 g/mol. The Bertz CT molecular complexity index is 351. The van der Waals surface area contributed by atoms with Gasteiger partial charge in [0, 0.05) is 17.6 Å². The van der Waals surface area contributed by atoms with Gasteiger partial charge in [0.05, 0.1) is 6.10 Å². The van der Waals surface area contributed by atoms with Gasteiger partial charge in [-0.05, 0) is 39.7 Å². The van der Waals surface area contributed by atoms with Crippen molar-refractivity contribution in [2.45, 2.75) is 65.6 Å². The molecule has 0 aliphatic carbocycles.